The zero-order chi connectivity index (χ0) is 28.3. The molecule has 2 aromatic rings. The van der Waals surface area contributed by atoms with E-state index in [0.717, 1.165) is 38.0 Å². The molecular formula is C32H38F3N3O2. The van der Waals surface area contributed by atoms with E-state index in [1.165, 1.54) is 6.07 Å². The van der Waals surface area contributed by atoms with Crippen LogP contribution in [-0.2, 0) is 11.2 Å². The molecule has 0 radical (unpaired) electrons. The van der Waals surface area contributed by atoms with E-state index in [2.05, 4.69) is 9.80 Å². The maximum atomic E-state index is 14.9. The number of hydrogen-bond acceptors (Lipinski definition) is 4. The molecule has 214 valence electrons. The molecule has 1 saturated carbocycles. The van der Waals surface area contributed by atoms with E-state index in [1.54, 1.807) is 36.4 Å². The second-order valence-electron chi connectivity index (χ2n) is 12.2. The van der Waals surface area contributed by atoms with Gasteiger partial charge in [-0.25, -0.2) is 13.2 Å². The second-order valence-corrected chi connectivity index (χ2v) is 12.2. The summed E-state index contributed by atoms with van der Waals surface area (Å²) >= 11 is 0. The average Bonchev–Trinajstić information content (AvgIpc) is 3.66. The van der Waals surface area contributed by atoms with E-state index in [1.807, 2.05) is 12.1 Å². The second kappa shape index (κ2) is 12.3. The Hall–Kier alpha value is -2.89. The minimum Gasteiger partial charge on any atom is -0.480 e. The summed E-state index contributed by atoms with van der Waals surface area (Å²) < 4.78 is 43.9. The van der Waals surface area contributed by atoms with Crippen LogP contribution in [-0.4, -0.2) is 65.6 Å². The third-order valence-electron chi connectivity index (χ3n) is 9.06. The predicted molar refractivity (Wildman–Crippen MR) is 147 cm³/mol. The normalized spacial score (nSPS) is 23.6. The Morgan fingerprint density at radius 3 is 2.40 bits per heavy atom. The van der Waals surface area contributed by atoms with Gasteiger partial charge in [0.2, 0.25) is 0 Å². The number of carboxylic acid groups (broad SMARTS) is 1. The van der Waals surface area contributed by atoms with Crippen LogP contribution in [0.25, 0.3) is 0 Å². The van der Waals surface area contributed by atoms with E-state index in [0.29, 0.717) is 49.4 Å². The summed E-state index contributed by atoms with van der Waals surface area (Å²) in [5.41, 5.74) is 1.91. The molecule has 1 N–H and O–H groups in total. The molecule has 2 aliphatic heterocycles. The van der Waals surface area contributed by atoms with Crippen LogP contribution >= 0.6 is 0 Å². The summed E-state index contributed by atoms with van der Waals surface area (Å²) in [5, 5.41) is 18.9. The summed E-state index contributed by atoms with van der Waals surface area (Å²) in [4.78, 5) is 16.6. The third kappa shape index (κ3) is 7.44. The van der Waals surface area contributed by atoms with Crippen LogP contribution in [0.3, 0.4) is 0 Å². The lowest BCUT2D eigenvalue weighted by molar-refractivity contribution is -0.143. The Bertz CT molecular complexity index is 1200. The topological polar surface area (TPSA) is 67.6 Å². The highest BCUT2D eigenvalue weighted by Gasteiger charge is 2.42. The minimum atomic E-state index is -2.80. The van der Waals surface area contributed by atoms with Crippen LogP contribution in [0.2, 0.25) is 0 Å². The molecule has 0 bridgehead atoms. The van der Waals surface area contributed by atoms with Gasteiger partial charge in [0.05, 0.1) is 11.6 Å². The summed E-state index contributed by atoms with van der Waals surface area (Å²) in [5.74, 6) is -3.26. The standard InChI is InChI=1S/C32H38F3N3O2/c33-28-3-1-2-26(15-28)29-21-38(30(31(39)40)14-22-4-5-22)20-27(29)19-37-12-10-24(11-13-37)17-32(34,35)16-23-6-8-25(18-36)9-7-23/h1-3,6-9,15,22,24,27,29-30H,4-5,10-14,16-17,19-21H2,(H,39,40). The molecule has 0 aromatic heterocycles. The molecule has 2 aromatic carbocycles. The Balaban J connectivity index is 1.18. The molecule has 0 spiro atoms. The highest BCUT2D eigenvalue weighted by molar-refractivity contribution is 5.73. The zero-order valence-electron chi connectivity index (χ0n) is 22.8. The molecule has 3 unspecified atom stereocenters. The molecule has 0 amide bonds. The van der Waals surface area contributed by atoms with Crippen LogP contribution in [0.5, 0.6) is 0 Å². The van der Waals surface area contributed by atoms with E-state index in [4.69, 9.17) is 5.26 Å². The van der Waals surface area contributed by atoms with Gasteiger partial charge in [0.25, 0.3) is 5.92 Å². The largest absolute Gasteiger partial charge is 0.480 e. The van der Waals surface area contributed by atoms with Gasteiger partial charge in [-0.3, -0.25) is 9.69 Å². The molecule has 8 heteroatoms. The summed E-state index contributed by atoms with van der Waals surface area (Å²) in [6.07, 6.45) is 3.78. The summed E-state index contributed by atoms with van der Waals surface area (Å²) in [6.45, 7) is 3.45. The van der Waals surface area contributed by atoms with Crippen molar-refractivity contribution < 1.29 is 23.1 Å². The number of piperidine rings is 1. The number of carboxylic acids is 1. The number of nitriles is 1. The van der Waals surface area contributed by atoms with Gasteiger partial charge >= 0.3 is 5.97 Å². The monoisotopic (exact) mass is 553 g/mol. The van der Waals surface area contributed by atoms with Gasteiger partial charge in [0.15, 0.2) is 0 Å². The molecule has 1 aliphatic carbocycles. The predicted octanol–water partition coefficient (Wildman–Crippen LogP) is 5.95. The van der Waals surface area contributed by atoms with Gasteiger partial charge < -0.3 is 10.0 Å². The third-order valence-corrected chi connectivity index (χ3v) is 9.06. The summed E-state index contributed by atoms with van der Waals surface area (Å²) in [6, 6.07) is 14.5. The Morgan fingerprint density at radius 1 is 1.05 bits per heavy atom. The van der Waals surface area contributed by atoms with Crippen molar-refractivity contribution >= 4 is 5.97 Å². The van der Waals surface area contributed by atoms with Gasteiger partial charge in [0.1, 0.15) is 11.9 Å². The van der Waals surface area contributed by atoms with Crippen molar-refractivity contribution in [2.45, 2.75) is 62.8 Å². The van der Waals surface area contributed by atoms with Gasteiger partial charge in [-0.15, -0.1) is 0 Å². The molecule has 3 aliphatic rings. The van der Waals surface area contributed by atoms with Gasteiger partial charge in [-0.05, 0) is 85.5 Å². The molecule has 2 heterocycles. The highest BCUT2D eigenvalue weighted by Crippen LogP contribution is 2.40. The summed E-state index contributed by atoms with van der Waals surface area (Å²) in [7, 11) is 0. The number of aliphatic carboxylic acids is 1. The lowest BCUT2D eigenvalue weighted by Crippen LogP contribution is -2.42. The molecule has 3 atom stereocenters. The van der Waals surface area contributed by atoms with Gasteiger partial charge in [-0.2, -0.15) is 5.26 Å². The van der Waals surface area contributed by atoms with Crippen molar-refractivity contribution in [3.8, 4) is 6.07 Å². The molecule has 5 rings (SSSR count). The number of rotatable bonds is 11. The van der Waals surface area contributed by atoms with E-state index >= 15 is 0 Å². The number of hydrogen-bond donors (Lipinski definition) is 1. The van der Waals surface area contributed by atoms with Crippen LogP contribution in [0.4, 0.5) is 13.2 Å². The number of likely N-dealkylation sites (tertiary alicyclic amines) is 2. The fourth-order valence-corrected chi connectivity index (χ4v) is 6.73. The quantitative estimate of drug-likeness (QED) is 0.373. The number of nitrogens with zero attached hydrogens (tertiary/aromatic N) is 3. The highest BCUT2D eigenvalue weighted by atomic mass is 19.3. The molecule has 5 nitrogen and oxygen atoms in total. The van der Waals surface area contributed by atoms with Gasteiger partial charge in [-0.1, -0.05) is 37.1 Å². The number of benzene rings is 2. The zero-order valence-corrected chi connectivity index (χ0v) is 22.8. The SMILES string of the molecule is N#Cc1ccc(CC(F)(F)CC2CCN(CC3CN(C(CC4CC4)C(=O)O)CC3c3cccc(F)c3)CC2)cc1. The van der Waals surface area contributed by atoms with Crippen molar-refractivity contribution in [3.05, 3.63) is 71.0 Å². The van der Waals surface area contributed by atoms with Crippen molar-refractivity contribution in [1.82, 2.24) is 9.80 Å². The smallest absolute Gasteiger partial charge is 0.320 e. The fourth-order valence-electron chi connectivity index (χ4n) is 6.73. The first kappa shape index (κ1) is 28.6. The average molecular weight is 554 g/mol. The Morgan fingerprint density at radius 2 is 1.77 bits per heavy atom. The Labute approximate surface area is 234 Å². The van der Waals surface area contributed by atoms with Crippen molar-refractivity contribution in [2.75, 3.05) is 32.7 Å². The van der Waals surface area contributed by atoms with Crippen molar-refractivity contribution in [1.29, 1.82) is 5.26 Å². The number of alkyl halides is 2. The lowest BCUT2D eigenvalue weighted by Gasteiger charge is -2.36. The van der Waals surface area contributed by atoms with Crippen LogP contribution in [0.1, 0.15) is 61.1 Å². The first-order valence-corrected chi connectivity index (χ1v) is 14.5. The maximum absolute atomic E-state index is 14.9. The lowest BCUT2D eigenvalue weighted by atomic mass is 9.86. The number of halogens is 3. The maximum Gasteiger partial charge on any atom is 0.320 e. The van der Waals surface area contributed by atoms with Crippen molar-refractivity contribution in [2.24, 2.45) is 17.8 Å². The van der Waals surface area contributed by atoms with Crippen LogP contribution < -0.4 is 0 Å². The van der Waals surface area contributed by atoms with E-state index in [9.17, 15) is 23.1 Å². The Kier molecular flexibility index (Phi) is 8.82. The first-order valence-electron chi connectivity index (χ1n) is 14.5. The molecule has 3 fully saturated rings. The molecular weight excluding hydrogens is 515 g/mol. The molecule has 2 saturated heterocycles. The van der Waals surface area contributed by atoms with E-state index in [-0.39, 0.29) is 36.4 Å². The fraction of sp³-hybridized carbons (Fsp3) is 0.562. The molecule has 40 heavy (non-hydrogen) atoms. The van der Waals surface area contributed by atoms with Crippen LogP contribution in [0.15, 0.2) is 48.5 Å². The number of carbonyl (C=O) groups is 1. The van der Waals surface area contributed by atoms with E-state index < -0.39 is 17.9 Å². The van der Waals surface area contributed by atoms with Gasteiger partial charge in [0, 0.05) is 38.4 Å². The first-order chi connectivity index (χ1) is 19.2. The van der Waals surface area contributed by atoms with Crippen molar-refractivity contribution in [3.63, 3.8) is 0 Å². The minimum absolute atomic E-state index is 0.0335. The van der Waals surface area contributed by atoms with Crippen LogP contribution in [0, 0.1) is 34.9 Å².